The summed E-state index contributed by atoms with van der Waals surface area (Å²) in [5.74, 6) is 1.55. The zero-order valence-electron chi connectivity index (χ0n) is 11.6. The van der Waals surface area contributed by atoms with Gasteiger partial charge in [-0.05, 0) is 57.0 Å². The van der Waals surface area contributed by atoms with Gasteiger partial charge in [0.2, 0.25) is 0 Å². The van der Waals surface area contributed by atoms with Crippen LogP contribution < -0.4 is 15.4 Å². The maximum Gasteiger partial charge on any atom is 0.119 e. The van der Waals surface area contributed by atoms with Crippen molar-refractivity contribution >= 4 is 5.69 Å². The Morgan fingerprint density at radius 3 is 2.83 bits per heavy atom. The molecular formula is C15H24N2O. The molecule has 1 unspecified atom stereocenters. The van der Waals surface area contributed by atoms with Crippen LogP contribution in [0.1, 0.15) is 38.2 Å². The standard InChI is InChI=1S/C15H24N2O/c1-11(2)17-10-12(5-4-8-16)14-9-13(18-3)6-7-15(14)17/h6-7,9,11-12H,4-5,8,10,16H2,1-3H3. The van der Waals surface area contributed by atoms with Crippen molar-refractivity contribution in [3.8, 4) is 5.75 Å². The van der Waals surface area contributed by atoms with Crippen molar-refractivity contribution in [1.29, 1.82) is 0 Å². The van der Waals surface area contributed by atoms with E-state index in [-0.39, 0.29) is 0 Å². The summed E-state index contributed by atoms with van der Waals surface area (Å²) in [6.45, 7) is 6.39. The average Bonchev–Trinajstić information content (AvgIpc) is 2.74. The number of nitrogens with two attached hydrogens (primary N) is 1. The van der Waals surface area contributed by atoms with Crippen molar-refractivity contribution in [3.05, 3.63) is 23.8 Å². The minimum atomic E-state index is 0.542. The molecule has 0 bridgehead atoms. The minimum absolute atomic E-state index is 0.542. The van der Waals surface area contributed by atoms with Crippen LogP contribution in [0.3, 0.4) is 0 Å². The van der Waals surface area contributed by atoms with Crippen LogP contribution in [0.15, 0.2) is 18.2 Å². The molecule has 1 aliphatic rings. The molecule has 0 aliphatic carbocycles. The van der Waals surface area contributed by atoms with Gasteiger partial charge < -0.3 is 15.4 Å². The second kappa shape index (κ2) is 5.61. The number of anilines is 1. The van der Waals surface area contributed by atoms with Crippen LogP contribution in [-0.4, -0.2) is 26.2 Å². The number of rotatable bonds is 5. The highest BCUT2D eigenvalue weighted by Crippen LogP contribution is 2.41. The lowest BCUT2D eigenvalue weighted by Gasteiger charge is -2.24. The second-order valence-corrected chi connectivity index (χ2v) is 5.30. The Bertz CT molecular complexity index is 403. The normalized spacial score (nSPS) is 18.3. The highest BCUT2D eigenvalue weighted by molar-refractivity contribution is 5.62. The van der Waals surface area contributed by atoms with E-state index in [0.29, 0.717) is 12.0 Å². The van der Waals surface area contributed by atoms with E-state index in [0.717, 1.165) is 25.3 Å². The number of hydrogen-bond donors (Lipinski definition) is 1. The average molecular weight is 248 g/mol. The molecule has 3 heteroatoms. The molecule has 0 amide bonds. The first-order chi connectivity index (χ1) is 8.67. The fourth-order valence-electron chi connectivity index (χ4n) is 2.78. The molecule has 0 saturated heterocycles. The first-order valence-corrected chi connectivity index (χ1v) is 6.82. The van der Waals surface area contributed by atoms with Crippen molar-refractivity contribution in [2.45, 2.75) is 38.6 Å². The zero-order chi connectivity index (χ0) is 13.1. The van der Waals surface area contributed by atoms with Gasteiger partial charge in [-0.1, -0.05) is 0 Å². The number of benzene rings is 1. The van der Waals surface area contributed by atoms with Crippen LogP contribution in [0.25, 0.3) is 0 Å². The van der Waals surface area contributed by atoms with Gasteiger partial charge in [0.25, 0.3) is 0 Å². The van der Waals surface area contributed by atoms with Gasteiger partial charge >= 0.3 is 0 Å². The summed E-state index contributed by atoms with van der Waals surface area (Å²) in [5.41, 5.74) is 8.43. The quantitative estimate of drug-likeness (QED) is 0.870. The monoisotopic (exact) mass is 248 g/mol. The molecule has 0 aromatic heterocycles. The van der Waals surface area contributed by atoms with Gasteiger partial charge in [0.1, 0.15) is 5.75 Å². The fraction of sp³-hybridized carbons (Fsp3) is 0.600. The summed E-state index contributed by atoms with van der Waals surface area (Å²) in [4.78, 5) is 2.48. The summed E-state index contributed by atoms with van der Waals surface area (Å²) in [6, 6.07) is 6.98. The molecule has 18 heavy (non-hydrogen) atoms. The molecule has 100 valence electrons. The smallest absolute Gasteiger partial charge is 0.119 e. The van der Waals surface area contributed by atoms with Gasteiger partial charge in [-0.25, -0.2) is 0 Å². The first kappa shape index (κ1) is 13.2. The number of hydrogen-bond acceptors (Lipinski definition) is 3. The van der Waals surface area contributed by atoms with E-state index in [1.54, 1.807) is 7.11 Å². The molecule has 1 atom stereocenters. The molecule has 1 aromatic rings. The van der Waals surface area contributed by atoms with Crippen molar-refractivity contribution in [3.63, 3.8) is 0 Å². The van der Waals surface area contributed by atoms with Crippen molar-refractivity contribution in [2.24, 2.45) is 5.73 Å². The van der Waals surface area contributed by atoms with Gasteiger partial charge in [-0.2, -0.15) is 0 Å². The van der Waals surface area contributed by atoms with Crippen LogP contribution in [0.4, 0.5) is 5.69 Å². The third kappa shape index (κ3) is 2.46. The van der Waals surface area contributed by atoms with Gasteiger partial charge in [0.15, 0.2) is 0 Å². The Labute approximate surface area is 110 Å². The van der Waals surface area contributed by atoms with Crippen molar-refractivity contribution in [2.75, 3.05) is 25.1 Å². The largest absolute Gasteiger partial charge is 0.497 e. The summed E-state index contributed by atoms with van der Waals surface area (Å²) >= 11 is 0. The SMILES string of the molecule is COc1ccc2c(c1)C(CCCN)CN2C(C)C. The second-order valence-electron chi connectivity index (χ2n) is 5.30. The molecule has 0 fully saturated rings. The molecule has 1 heterocycles. The van der Waals surface area contributed by atoms with E-state index in [1.165, 1.54) is 17.7 Å². The summed E-state index contributed by atoms with van der Waals surface area (Å²) in [5, 5.41) is 0. The summed E-state index contributed by atoms with van der Waals surface area (Å²) in [6.07, 6.45) is 2.26. The highest BCUT2D eigenvalue weighted by atomic mass is 16.5. The molecule has 1 aliphatic heterocycles. The summed E-state index contributed by atoms with van der Waals surface area (Å²) in [7, 11) is 1.73. The van der Waals surface area contributed by atoms with E-state index >= 15 is 0 Å². The lowest BCUT2D eigenvalue weighted by Crippen LogP contribution is -2.29. The van der Waals surface area contributed by atoms with Crippen molar-refractivity contribution < 1.29 is 4.74 Å². The molecule has 0 spiro atoms. The third-order valence-electron chi connectivity index (χ3n) is 3.78. The van der Waals surface area contributed by atoms with Crippen LogP contribution in [-0.2, 0) is 0 Å². The first-order valence-electron chi connectivity index (χ1n) is 6.82. The molecule has 2 rings (SSSR count). The minimum Gasteiger partial charge on any atom is -0.497 e. The maximum absolute atomic E-state index is 5.64. The Morgan fingerprint density at radius 2 is 2.22 bits per heavy atom. The lowest BCUT2D eigenvalue weighted by atomic mass is 9.96. The Morgan fingerprint density at radius 1 is 1.44 bits per heavy atom. The molecular weight excluding hydrogens is 224 g/mol. The third-order valence-corrected chi connectivity index (χ3v) is 3.78. The van der Waals surface area contributed by atoms with E-state index in [9.17, 15) is 0 Å². The van der Waals surface area contributed by atoms with Crippen LogP contribution in [0.2, 0.25) is 0 Å². The van der Waals surface area contributed by atoms with Gasteiger partial charge in [0.05, 0.1) is 7.11 Å². The van der Waals surface area contributed by atoms with Crippen LogP contribution >= 0.6 is 0 Å². The van der Waals surface area contributed by atoms with E-state index in [1.807, 2.05) is 0 Å². The topological polar surface area (TPSA) is 38.5 Å². The van der Waals surface area contributed by atoms with Gasteiger partial charge in [-0.3, -0.25) is 0 Å². The molecule has 0 radical (unpaired) electrons. The molecule has 3 nitrogen and oxygen atoms in total. The van der Waals surface area contributed by atoms with Gasteiger partial charge in [-0.15, -0.1) is 0 Å². The predicted molar refractivity (Wildman–Crippen MR) is 76.5 cm³/mol. The number of ether oxygens (including phenoxy) is 1. The van der Waals surface area contributed by atoms with Crippen LogP contribution in [0.5, 0.6) is 5.75 Å². The van der Waals surface area contributed by atoms with E-state index < -0.39 is 0 Å². The molecule has 2 N–H and O–H groups in total. The Balaban J connectivity index is 2.29. The predicted octanol–water partition coefficient (Wildman–Crippen LogP) is 2.75. The number of methoxy groups -OCH3 is 1. The molecule has 1 aromatic carbocycles. The number of nitrogens with zero attached hydrogens (tertiary/aromatic N) is 1. The lowest BCUT2D eigenvalue weighted by molar-refractivity contribution is 0.414. The maximum atomic E-state index is 5.64. The molecule has 0 saturated carbocycles. The summed E-state index contributed by atoms with van der Waals surface area (Å²) < 4.78 is 5.34. The van der Waals surface area contributed by atoms with Gasteiger partial charge in [0, 0.05) is 24.2 Å². The Kier molecular flexibility index (Phi) is 4.12. The van der Waals surface area contributed by atoms with E-state index in [4.69, 9.17) is 10.5 Å². The highest BCUT2D eigenvalue weighted by Gasteiger charge is 2.29. The van der Waals surface area contributed by atoms with Crippen molar-refractivity contribution in [1.82, 2.24) is 0 Å². The fourth-order valence-corrected chi connectivity index (χ4v) is 2.78. The Hall–Kier alpha value is -1.22. The van der Waals surface area contributed by atoms with Crippen LogP contribution in [0, 0.1) is 0 Å². The number of fused-ring (bicyclic) bond motifs is 1. The zero-order valence-corrected chi connectivity index (χ0v) is 11.6. The van der Waals surface area contributed by atoms with E-state index in [2.05, 4.69) is 36.9 Å².